The van der Waals surface area contributed by atoms with Crippen molar-refractivity contribution >= 4 is 17.2 Å². The van der Waals surface area contributed by atoms with Crippen LogP contribution in [0.2, 0.25) is 0 Å². The summed E-state index contributed by atoms with van der Waals surface area (Å²) in [7, 11) is 0. The van der Waals surface area contributed by atoms with Crippen molar-refractivity contribution in [3.05, 3.63) is 33.9 Å². The third kappa shape index (κ3) is 4.02. The van der Waals surface area contributed by atoms with Crippen LogP contribution in [0.15, 0.2) is 16.1 Å². The van der Waals surface area contributed by atoms with Gasteiger partial charge < -0.3 is 14.2 Å². The monoisotopic (exact) mass is 348 g/mol. The molecule has 1 saturated heterocycles. The number of thiazole rings is 1. The van der Waals surface area contributed by atoms with Crippen LogP contribution in [0.4, 0.5) is 0 Å². The number of likely N-dealkylation sites (tertiary alicyclic amines) is 1. The number of nitrogens with zero attached hydrogens (tertiary/aromatic N) is 4. The minimum absolute atomic E-state index is 0.0796. The van der Waals surface area contributed by atoms with Gasteiger partial charge in [-0.25, -0.2) is 9.97 Å². The van der Waals surface area contributed by atoms with E-state index >= 15 is 0 Å². The molecule has 0 bridgehead atoms. The number of hydrogen-bond donors (Lipinski definition) is 0. The van der Waals surface area contributed by atoms with Crippen LogP contribution in [-0.2, 0) is 17.8 Å². The Hall–Kier alpha value is -1.73. The van der Waals surface area contributed by atoms with E-state index < -0.39 is 0 Å². The summed E-state index contributed by atoms with van der Waals surface area (Å²) in [6.07, 6.45) is 3.73. The molecule has 130 valence electrons. The van der Waals surface area contributed by atoms with Crippen LogP contribution in [0.5, 0.6) is 0 Å². The lowest BCUT2D eigenvalue weighted by molar-refractivity contribution is -0.132. The molecule has 0 spiro atoms. The average Bonchev–Trinajstić information content (AvgIpc) is 3.24. The van der Waals surface area contributed by atoms with Crippen molar-refractivity contribution in [3.63, 3.8) is 0 Å². The van der Waals surface area contributed by atoms with Crippen LogP contribution in [0.1, 0.15) is 35.6 Å². The third-order valence-electron chi connectivity index (χ3n) is 4.57. The molecule has 1 aliphatic heterocycles. The first-order valence-corrected chi connectivity index (χ1v) is 9.20. The summed E-state index contributed by atoms with van der Waals surface area (Å²) in [5.74, 6) is 1.47. The van der Waals surface area contributed by atoms with E-state index in [9.17, 15) is 4.79 Å². The highest BCUT2D eigenvalue weighted by Crippen LogP contribution is 2.20. The van der Waals surface area contributed by atoms with E-state index in [1.165, 1.54) is 4.88 Å². The number of carbonyl (C=O) groups excluding carboxylic acids is 1. The lowest BCUT2D eigenvalue weighted by Crippen LogP contribution is -2.40. The van der Waals surface area contributed by atoms with Crippen molar-refractivity contribution < 1.29 is 9.21 Å². The fourth-order valence-corrected chi connectivity index (χ4v) is 3.98. The van der Waals surface area contributed by atoms with Gasteiger partial charge in [-0.2, -0.15) is 0 Å². The van der Waals surface area contributed by atoms with Crippen LogP contribution < -0.4 is 0 Å². The van der Waals surface area contributed by atoms with Gasteiger partial charge in [0.05, 0.1) is 23.9 Å². The van der Waals surface area contributed by atoms with Crippen molar-refractivity contribution in [1.82, 2.24) is 19.8 Å². The predicted molar refractivity (Wildman–Crippen MR) is 92.9 cm³/mol. The molecule has 1 amide bonds. The third-order valence-corrected chi connectivity index (χ3v) is 5.56. The number of aryl methyl sites for hydroxylation is 2. The Morgan fingerprint density at radius 3 is 2.92 bits per heavy atom. The maximum absolute atomic E-state index is 12.1. The van der Waals surface area contributed by atoms with E-state index in [0.717, 1.165) is 43.9 Å². The summed E-state index contributed by atoms with van der Waals surface area (Å²) < 4.78 is 5.54. The maximum Gasteiger partial charge on any atom is 0.220 e. The molecule has 1 atom stereocenters. The molecule has 0 aliphatic carbocycles. The Morgan fingerprint density at radius 2 is 2.29 bits per heavy atom. The number of carbonyl (C=O) groups is 1. The van der Waals surface area contributed by atoms with E-state index in [1.807, 2.05) is 17.3 Å². The van der Waals surface area contributed by atoms with Gasteiger partial charge in [-0.15, -0.1) is 11.3 Å². The lowest BCUT2D eigenvalue weighted by atomic mass is 10.2. The zero-order chi connectivity index (χ0) is 17.1. The molecule has 0 aromatic carbocycles. The first-order valence-electron chi connectivity index (χ1n) is 8.32. The first kappa shape index (κ1) is 17.1. The number of aromatic nitrogens is 2. The second-order valence-corrected chi connectivity index (χ2v) is 7.30. The van der Waals surface area contributed by atoms with Crippen LogP contribution in [0.3, 0.4) is 0 Å². The second kappa shape index (κ2) is 7.44. The number of hydrogen-bond acceptors (Lipinski definition) is 6. The van der Waals surface area contributed by atoms with Gasteiger partial charge in [-0.05, 0) is 26.7 Å². The van der Waals surface area contributed by atoms with Gasteiger partial charge in [-0.1, -0.05) is 0 Å². The van der Waals surface area contributed by atoms with Gasteiger partial charge in [0.15, 0.2) is 0 Å². The fourth-order valence-electron chi connectivity index (χ4n) is 3.21. The summed E-state index contributed by atoms with van der Waals surface area (Å²) in [4.78, 5) is 26.3. The number of amides is 1. The lowest BCUT2D eigenvalue weighted by Gasteiger charge is -2.27. The largest absolute Gasteiger partial charge is 0.444 e. The van der Waals surface area contributed by atoms with Gasteiger partial charge in [0.2, 0.25) is 11.8 Å². The minimum Gasteiger partial charge on any atom is -0.444 e. The number of rotatable bonds is 6. The zero-order valence-corrected chi connectivity index (χ0v) is 15.3. The van der Waals surface area contributed by atoms with Crippen LogP contribution in [0.25, 0.3) is 0 Å². The smallest absolute Gasteiger partial charge is 0.220 e. The predicted octanol–water partition coefficient (Wildman–Crippen LogP) is 2.41. The molecule has 3 rings (SSSR count). The van der Waals surface area contributed by atoms with Crippen molar-refractivity contribution in [2.75, 3.05) is 19.6 Å². The summed E-state index contributed by atoms with van der Waals surface area (Å²) in [6, 6.07) is 0.234. The highest BCUT2D eigenvalue weighted by molar-refractivity contribution is 7.09. The zero-order valence-electron chi connectivity index (χ0n) is 14.5. The Labute approximate surface area is 146 Å². The molecular weight excluding hydrogens is 324 g/mol. The Kier molecular flexibility index (Phi) is 5.30. The summed E-state index contributed by atoms with van der Waals surface area (Å²) in [5.41, 5.74) is 3.05. The van der Waals surface area contributed by atoms with Gasteiger partial charge in [0.1, 0.15) is 5.76 Å². The SMILES string of the molecule is CC(=O)N(Cc1ncc(C)o1)[C@@H]1CCN(CCc2scnc2C)C1. The van der Waals surface area contributed by atoms with Crippen molar-refractivity contribution in [2.24, 2.45) is 0 Å². The molecule has 1 aliphatic rings. The van der Waals surface area contributed by atoms with Crippen molar-refractivity contribution in [2.45, 2.75) is 46.2 Å². The second-order valence-electron chi connectivity index (χ2n) is 6.37. The first-order chi connectivity index (χ1) is 11.5. The number of oxazole rings is 1. The molecule has 2 aromatic rings. The van der Waals surface area contributed by atoms with E-state index in [4.69, 9.17) is 4.42 Å². The maximum atomic E-state index is 12.1. The molecule has 0 unspecified atom stereocenters. The molecule has 3 heterocycles. The topological polar surface area (TPSA) is 62.5 Å². The quantitative estimate of drug-likeness (QED) is 0.802. The normalized spacial score (nSPS) is 18.2. The summed E-state index contributed by atoms with van der Waals surface area (Å²) in [6.45, 7) is 8.97. The Morgan fingerprint density at radius 1 is 1.46 bits per heavy atom. The van der Waals surface area contributed by atoms with Gasteiger partial charge in [0, 0.05) is 37.5 Å². The van der Waals surface area contributed by atoms with Crippen LogP contribution in [0, 0.1) is 13.8 Å². The molecule has 0 radical (unpaired) electrons. The van der Waals surface area contributed by atoms with Crippen molar-refractivity contribution in [1.29, 1.82) is 0 Å². The van der Waals surface area contributed by atoms with Gasteiger partial charge >= 0.3 is 0 Å². The molecule has 24 heavy (non-hydrogen) atoms. The van der Waals surface area contributed by atoms with Crippen LogP contribution in [-0.4, -0.2) is 51.4 Å². The molecule has 1 fully saturated rings. The van der Waals surface area contributed by atoms with E-state index in [2.05, 4.69) is 21.8 Å². The Balaban J connectivity index is 1.55. The average molecular weight is 348 g/mol. The van der Waals surface area contributed by atoms with Gasteiger partial charge in [-0.3, -0.25) is 4.79 Å². The van der Waals surface area contributed by atoms with E-state index in [-0.39, 0.29) is 11.9 Å². The molecule has 2 aromatic heterocycles. The highest BCUT2D eigenvalue weighted by atomic mass is 32.1. The molecule has 7 heteroatoms. The van der Waals surface area contributed by atoms with E-state index in [0.29, 0.717) is 12.4 Å². The van der Waals surface area contributed by atoms with E-state index in [1.54, 1.807) is 24.5 Å². The molecule has 0 saturated carbocycles. The summed E-state index contributed by atoms with van der Waals surface area (Å²) >= 11 is 1.73. The van der Waals surface area contributed by atoms with Crippen LogP contribution >= 0.6 is 11.3 Å². The molecular formula is C17H24N4O2S. The Bertz CT molecular complexity index is 696. The van der Waals surface area contributed by atoms with Gasteiger partial charge in [0.25, 0.3) is 0 Å². The minimum atomic E-state index is 0.0796. The fraction of sp³-hybridized carbons (Fsp3) is 0.588. The molecule has 6 nitrogen and oxygen atoms in total. The standard InChI is InChI=1S/C17H24N4O2S/c1-12-8-18-17(23-12)10-21(14(3)22)15-4-6-20(9-15)7-5-16-13(2)19-11-24-16/h8,11,15H,4-7,9-10H2,1-3H3/t15-/m1/s1. The summed E-state index contributed by atoms with van der Waals surface area (Å²) in [5, 5.41) is 0. The van der Waals surface area contributed by atoms with Crippen molar-refractivity contribution in [3.8, 4) is 0 Å². The highest BCUT2D eigenvalue weighted by Gasteiger charge is 2.30. The molecule has 0 N–H and O–H groups in total.